The summed E-state index contributed by atoms with van der Waals surface area (Å²) in [5, 5.41) is 5.50. The SMILES string of the molecule is CC(C)Oc1ccc2ccccc2c1CNc1ccccc1S(C)(=O)=O. The molecular formula is C21H23NO3S. The minimum atomic E-state index is -3.30. The normalized spacial score (nSPS) is 11.7. The number of rotatable bonds is 6. The van der Waals surface area contributed by atoms with Gasteiger partial charge in [-0.3, -0.25) is 0 Å². The van der Waals surface area contributed by atoms with Gasteiger partial charge in [0.15, 0.2) is 9.84 Å². The molecule has 0 radical (unpaired) electrons. The molecule has 3 aromatic rings. The summed E-state index contributed by atoms with van der Waals surface area (Å²) in [4.78, 5) is 0.298. The molecule has 3 rings (SSSR count). The minimum absolute atomic E-state index is 0.0539. The number of ether oxygens (including phenoxy) is 1. The molecule has 5 heteroatoms. The Morgan fingerprint density at radius 1 is 0.962 bits per heavy atom. The quantitative estimate of drug-likeness (QED) is 0.687. The zero-order chi connectivity index (χ0) is 18.7. The molecule has 0 heterocycles. The summed E-state index contributed by atoms with van der Waals surface area (Å²) in [7, 11) is -3.30. The van der Waals surface area contributed by atoms with Crippen molar-refractivity contribution in [2.24, 2.45) is 0 Å². The van der Waals surface area contributed by atoms with Crippen LogP contribution in [0.1, 0.15) is 19.4 Å². The van der Waals surface area contributed by atoms with Crippen molar-refractivity contribution in [2.45, 2.75) is 31.4 Å². The van der Waals surface area contributed by atoms with E-state index in [9.17, 15) is 8.42 Å². The Kier molecular flexibility index (Phi) is 5.18. The van der Waals surface area contributed by atoms with E-state index in [4.69, 9.17) is 4.74 Å². The van der Waals surface area contributed by atoms with Crippen molar-refractivity contribution < 1.29 is 13.2 Å². The number of benzene rings is 3. The molecule has 0 saturated carbocycles. The molecule has 0 aliphatic rings. The van der Waals surface area contributed by atoms with Gasteiger partial charge in [-0.1, -0.05) is 42.5 Å². The third kappa shape index (κ3) is 3.99. The van der Waals surface area contributed by atoms with Gasteiger partial charge in [0.2, 0.25) is 0 Å². The molecule has 1 N–H and O–H groups in total. The van der Waals surface area contributed by atoms with Gasteiger partial charge in [-0.25, -0.2) is 8.42 Å². The van der Waals surface area contributed by atoms with Crippen molar-refractivity contribution >= 4 is 26.3 Å². The molecular weight excluding hydrogens is 346 g/mol. The van der Waals surface area contributed by atoms with E-state index in [0.717, 1.165) is 22.1 Å². The van der Waals surface area contributed by atoms with E-state index >= 15 is 0 Å². The highest BCUT2D eigenvalue weighted by molar-refractivity contribution is 7.90. The van der Waals surface area contributed by atoms with Gasteiger partial charge >= 0.3 is 0 Å². The molecule has 136 valence electrons. The third-order valence-electron chi connectivity index (χ3n) is 4.10. The van der Waals surface area contributed by atoms with Crippen LogP contribution in [0.3, 0.4) is 0 Å². The molecule has 0 amide bonds. The Morgan fingerprint density at radius 3 is 2.38 bits per heavy atom. The fourth-order valence-corrected chi connectivity index (χ4v) is 3.85. The number of anilines is 1. The monoisotopic (exact) mass is 369 g/mol. The van der Waals surface area contributed by atoms with E-state index in [1.165, 1.54) is 6.26 Å². The van der Waals surface area contributed by atoms with Gasteiger partial charge in [0.25, 0.3) is 0 Å². The number of nitrogens with one attached hydrogen (secondary N) is 1. The van der Waals surface area contributed by atoms with Gasteiger partial charge in [-0.05, 0) is 42.8 Å². The lowest BCUT2D eigenvalue weighted by molar-refractivity contribution is 0.240. The summed E-state index contributed by atoms with van der Waals surface area (Å²) >= 11 is 0. The second-order valence-electron chi connectivity index (χ2n) is 6.55. The highest BCUT2D eigenvalue weighted by atomic mass is 32.2. The van der Waals surface area contributed by atoms with E-state index in [-0.39, 0.29) is 6.10 Å². The number of sulfone groups is 1. The maximum atomic E-state index is 12.0. The summed E-state index contributed by atoms with van der Waals surface area (Å²) in [5.41, 5.74) is 1.61. The molecule has 0 saturated heterocycles. The maximum absolute atomic E-state index is 12.0. The average molecular weight is 369 g/mol. The van der Waals surface area contributed by atoms with Crippen molar-refractivity contribution in [1.82, 2.24) is 0 Å². The number of fused-ring (bicyclic) bond motifs is 1. The van der Waals surface area contributed by atoms with Crippen LogP contribution in [0, 0.1) is 0 Å². The Hall–Kier alpha value is -2.53. The molecule has 26 heavy (non-hydrogen) atoms. The third-order valence-corrected chi connectivity index (χ3v) is 5.26. The van der Waals surface area contributed by atoms with E-state index in [1.807, 2.05) is 44.2 Å². The first-order chi connectivity index (χ1) is 12.4. The van der Waals surface area contributed by atoms with Crippen LogP contribution >= 0.6 is 0 Å². The van der Waals surface area contributed by atoms with Crippen LogP contribution in [0.5, 0.6) is 5.75 Å². The molecule has 0 bridgehead atoms. The lowest BCUT2D eigenvalue weighted by atomic mass is 10.0. The van der Waals surface area contributed by atoms with Crippen LogP contribution in [0.4, 0.5) is 5.69 Å². The second-order valence-corrected chi connectivity index (χ2v) is 8.54. The molecule has 0 fully saturated rings. The van der Waals surface area contributed by atoms with E-state index in [2.05, 4.69) is 17.4 Å². The second kappa shape index (κ2) is 7.38. The van der Waals surface area contributed by atoms with Crippen LogP contribution in [-0.4, -0.2) is 20.8 Å². The average Bonchev–Trinajstić information content (AvgIpc) is 2.59. The molecule has 0 aromatic heterocycles. The zero-order valence-electron chi connectivity index (χ0n) is 15.2. The van der Waals surface area contributed by atoms with Gasteiger partial charge in [0, 0.05) is 18.4 Å². The maximum Gasteiger partial charge on any atom is 0.177 e. The topological polar surface area (TPSA) is 55.4 Å². The van der Waals surface area contributed by atoms with Gasteiger partial charge in [0.05, 0.1) is 16.7 Å². The molecule has 3 aromatic carbocycles. The summed E-state index contributed by atoms with van der Waals surface area (Å²) in [5.74, 6) is 0.808. The first-order valence-electron chi connectivity index (χ1n) is 8.56. The van der Waals surface area contributed by atoms with Crippen molar-refractivity contribution in [2.75, 3.05) is 11.6 Å². The smallest absolute Gasteiger partial charge is 0.177 e. The number of hydrogen-bond donors (Lipinski definition) is 1. The Balaban J connectivity index is 2.01. The fourth-order valence-electron chi connectivity index (χ4n) is 2.98. The highest BCUT2D eigenvalue weighted by Gasteiger charge is 2.14. The largest absolute Gasteiger partial charge is 0.491 e. The minimum Gasteiger partial charge on any atom is -0.491 e. The Morgan fingerprint density at radius 2 is 1.65 bits per heavy atom. The molecule has 4 nitrogen and oxygen atoms in total. The first kappa shape index (κ1) is 18.3. The lowest BCUT2D eigenvalue weighted by Crippen LogP contribution is -2.11. The summed E-state index contributed by atoms with van der Waals surface area (Å²) in [6.07, 6.45) is 1.27. The lowest BCUT2D eigenvalue weighted by Gasteiger charge is -2.18. The van der Waals surface area contributed by atoms with Crippen LogP contribution in [0.2, 0.25) is 0 Å². The predicted octanol–water partition coefficient (Wildman–Crippen LogP) is 4.64. The van der Waals surface area contributed by atoms with Crippen molar-refractivity contribution in [3.8, 4) is 5.75 Å². The molecule has 0 aliphatic carbocycles. The van der Waals surface area contributed by atoms with Crippen LogP contribution in [-0.2, 0) is 16.4 Å². The van der Waals surface area contributed by atoms with Gasteiger partial charge in [0.1, 0.15) is 5.75 Å². The van der Waals surface area contributed by atoms with Crippen molar-refractivity contribution in [1.29, 1.82) is 0 Å². The standard InChI is InChI=1S/C21H23NO3S/c1-15(2)25-20-13-12-16-8-4-5-9-17(16)18(20)14-22-19-10-6-7-11-21(19)26(3,23)24/h4-13,15,22H,14H2,1-3H3. The van der Waals surface area contributed by atoms with Crippen LogP contribution in [0.15, 0.2) is 65.6 Å². The predicted molar refractivity (Wildman–Crippen MR) is 107 cm³/mol. The summed E-state index contributed by atoms with van der Waals surface area (Å²) in [6, 6.07) is 19.1. The Labute approximate surface area is 154 Å². The van der Waals surface area contributed by atoms with Gasteiger partial charge in [-0.15, -0.1) is 0 Å². The molecule has 0 atom stereocenters. The summed E-state index contributed by atoms with van der Waals surface area (Å²) in [6.45, 7) is 4.45. The highest BCUT2D eigenvalue weighted by Crippen LogP contribution is 2.30. The summed E-state index contributed by atoms with van der Waals surface area (Å²) < 4.78 is 30.0. The molecule has 0 spiro atoms. The first-order valence-corrected chi connectivity index (χ1v) is 10.5. The number of hydrogen-bond acceptors (Lipinski definition) is 4. The van der Waals surface area contributed by atoms with E-state index in [0.29, 0.717) is 17.1 Å². The van der Waals surface area contributed by atoms with Crippen LogP contribution < -0.4 is 10.1 Å². The van der Waals surface area contributed by atoms with Crippen LogP contribution in [0.25, 0.3) is 10.8 Å². The Bertz CT molecular complexity index is 1030. The van der Waals surface area contributed by atoms with Crippen molar-refractivity contribution in [3.05, 3.63) is 66.2 Å². The molecule has 0 aliphatic heterocycles. The fraction of sp³-hybridized carbons (Fsp3) is 0.238. The zero-order valence-corrected chi connectivity index (χ0v) is 16.0. The van der Waals surface area contributed by atoms with E-state index < -0.39 is 9.84 Å². The molecule has 0 unspecified atom stereocenters. The van der Waals surface area contributed by atoms with Gasteiger partial charge < -0.3 is 10.1 Å². The number of para-hydroxylation sites is 1. The van der Waals surface area contributed by atoms with Gasteiger partial charge in [-0.2, -0.15) is 0 Å². The van der Waals surface area contributed by atoms with E-state index in [1.54, 1.807) is 18.2 Å². The van der Waals surface area contributed by atoms with Crippen molar-refractivity contribution in [3.63, 3.8) is 0 Å².